The summed E-state index contributed by atoms with van der Waals surface area (Å²) in [5.41, 5.74) is 0.797. The van der Waals surface area contributed by atoms with Crippen LogP contribution in [0.1, 0.15) is 16.8 Å². The lowest BCUT2D eigenvalue weighted by atomic mass is 10.1. The molecule has 0 saturated heterocycles. The van der Waals surface area contributed by atoms with E-state index in [0.717, 1.165) is 0 Å². The number of carbonyl (C=O) groups excluding carboxylic acids is 1. The molecule has 0 spiro atoms. The zero-order chi connectivity index (χ0) is 13.7. The fraction of sp³-hybridized carbons (Fsp3) is 0.250. The van der Waals surface area contributed by atoms with Crippen LogP contribution in [-0.2, 0) is 4.79 Å². The van der Waals surface area contributed by atoms with Gasteiger partial charge >= 0.3 is 11.7 Å². The van der Waals surface area contributed by atoms with Gasteiger partial charge in [0.15, 0.2) is 11.4 Å². The van der Waals surface area contributed by atoms with E-state index in [4.69, 9.17) is 21.1 Å². The molecule has 7 heteroatoms. The van der Waals surface area contributed by atoms with E-state index in [2.05, 4.69) is 4.98 Å². The van der Waals surface area contributed by atoms with E-state index >= 15 is 0 Å². The van der Waals surface area contributed by atoms with Gasteiger partial charge in [-0.05, 0) is 18.6 Å². The molecule has 6 nitrogen and oxygen atoms in total. The van der Waals surface area contributed by atoms with Gasteiger partial charge in [-0.3, -0.25) is 14.6 Å². The van der Waals surface area contributed by atoms with Gasteiger partial charge in [-0.15, -0.1) is 0 Å². The number of nitrogens with one attached hydrogen (secondary N) is 1. The minimum atomic E-state index is -0.970. The van der Waals surface area contributed by atoms with E-state index in [-0.39, 0.29) is 22.0 Å². The number of aliphatic carboxylic acids is 1. The number of fused-ring (bicyclic) bond motifs is 1. The van der Waals surface area contributed by atoms with Crippen LogP contribution in [0.2, 0.25) is 5.02 Å². The first-order valence-electron chi connectivity index (χ1n) is 5.57. The van der Waals surface area contributed by atoms with Crippen LogP contribution >= 0.6 is 11.6 Å². The number of Topliss-reactive ketones (excluding diaryl/α,β-unsaturated/α-hetero) is 1. The zero-order valence-corrected chi connectivity index (χ0v) is 10.2. The highest BCUT2D eigenvalue weighted by atomic mass is 35.5. The molecule has 1 heterocycles. The summed E-state index contributed by atoms with van der Waals surface area (Å²) in [6.07, 6.45) is 0.339. The Morgan fingerprint density at radius 1 is 1.37 bits per heavy atom. The first-order valence-corrected chi connectivity index (χ1v) is 5.94. The fourth-order valence-electron chi connectivity index (χ4n) is 2.13. The fourth-order valence-corrected chi connectivity index (χ4v) is 2.39. The number of benzene rings is 1. The molecule has 0 radical (unpaired) electrons. The Bertz CT molecular complexity index is 759. The molecule has 0 amide bonds. The first-order chi connectivity index (χ1) is 8.97. The molecule has 2 aromatic rings. The van der Waals surface area contributed by atoms with Crippen LogP contribution in [-0.4, -0.2) is 21.8 Å². The molecule has 2 atom stereocenters. The van der Waals surface area contributed by atoms with Crippen LogP contribution in [0, 0.1) is 11.8 Å². The van der Waals surface area contributed by atoms with Gasteiger partial charge < -0.3 is 9.52 Å². The summed E-state index contributed by atoms with van der Waals surface area (Å²) in [4.78, 5) is 36.3. The Hall–Kier alpha value is -2.08. The molecule has 1 saturated carbocycles. The predicted molar refractivity (Wildman–Crippen MR) is 65.4 cm³/mol. The number of aromatic nitrogens is 1. The smallest absolute Gasteiger partial charge is 0.417 e. The highest BCUT2D eigenvalue weighted by Gasteiger charge is 2.48. The van der Waals surface area contributed by atoms with Crippen LogP contribution in [0.15, 0.2) is 21.3 Å². The van der Waals surface area contributed by atoms with Crippen molar-refractivity contribution in [1.82, 2.24) is 4.98 Å². The number of carboxylic acid groups (broad SMARTS) is 1. The van der Waals surface area contributed by atoms with Crippen molar-refractivity contribution < 1.29 is 19.1 Å². The largest absolute Gasteiger partial charge is 0.481 e. The van der Waals surface area contributed by atoms with Crippen molar-refractivity contribution in [2.75, 3.05) is 0 Å². The summed E-state index contributed by atoms with van der Waals surface area (Å²) in [5, 5.41) is 8.95. The normalized spacial score (nSPS) is 21.5. The Balaban J connectivity index is 2.00. The van der Waals surface area contributed by atoms with Crippen molar-refractivity contribution in [2.24, 2.45) is 11.8 Å². The number of hydrogen-bond acceptors (Lipinski definition) is 4. The lowest BCUT2D eigenvalue weighted by Crippen LogP contribution is -2.08. The number of H-pyrrole nitrogens is 1. The summed E-state index contributed by atoms with van der Waals surface area (Å²) in [7, 11) is 0. The van der Waals surface area contributed by atoms with Crippen molar-refractivity contribution in [3.05, 3.63) is 33.3 Å². The molecule has 1 aromatic carbocycles. The summed E-state index contributed by atoms with van der Waals surface area (Å²) in [6, 6.07) is 2.84. The number of ketones is 1. The van der Waals surface area contributed by atoms with Crippen LogP contribution in [0.3, 0.4) is 0 Å². The van der Waals surface area contributed by atoms with Crippen LogP contribution < -0.4 is 5.76 Å². The Kier molecular flexibility index (Phi) is 2.50. The number of hydrogen-bond donors (Lipinski definition) is 2. The maximum atomic E-state index is 12.1. The second-order valence-corrected chi connectivity index (χ2v) is 4.91. The second kappa shape index (κ2) is 3.96. The van der Waals surface area contributed by atoms with Gasteiger partial charge in [0, 0.05) is 11.5 Å². The first kappa shape index (κ1) is 12.0. The quantitative estimate of drug-likeness (QED) is 0.834. The van der Waals surface area contributed by atoms with Crippen molar-refractivity contribution in [2.45, 2.75) is 6.42 Å². The van der Waals surface area contributed by atoms with Crippen LogP contribution in [0.25, 0.3) is 11.1 Å². The van der Waals surface area contributed by atoms with E-state index in [1.807, 2.05) is 0 Å². The monoisotopic (exact) mass is 281 g/mol. The average Bonchev–Trinajstić information content (AvgIpc) is 3.05. The van der Waals surface area contributed by atoms with Gasteiger partial charge in [-0.2, -0.15) is 0 Å². The van der Waals surface area contributed by atoms with Gasteiger partial charge in [-0.25, -0.2) is 4.79 Å². The molecule has 1 aromatic heterocycles. The molecule has 2 unspecified atom stereocenters. The minimum Gasteiger partial charge on any atom is -0.481 e. The summed E-state index contributed by atoms with van der Waals surface area (Å²) in [6.45, 7) is 0. The molecule has 0 aliphatic heterocycles. The van der Waals surface area contributed by atoms with Gasteiger partial charge in [-0.1, -0.05) is 11.6 Å². The third-order valence-electron chi connectivity index (χ3n) is 3.20. The SMILES string of the molecule is O=C(O)C1CC1C(=O)c1cc(Cl)c2oc(=O)[nH]c2c1. The topological polar surface area (TPSA) is 100 Å². The lowest BCUT2D eigenvalue weighted by molar-refractivity contribution is -0.138. The number of oxazole rings is 1. The Morgan fingerprint density at radius 3 is 2.74 bits per heavy atom. The van der Waals surface area contributed by atoms with E-state index < -0.39 is 23.6 Å². The lowest BCUT2D eigenvalue weighted by Gasteiger charge is -2.00. The predicted octanol–water partition coefficient (Wildman–Crippen LogP) is 1.68. The Morgan fingerprint density at radius 2 is 2.11 bits per heavy atom. The van der Waals surface area contributed by atoms with Gasteiger partial charge in [0.1, 0.15) is 0 Å². The third-order valence-corrected chi connectivity index (χ3v) is 3.48. The van der Waals surface area contributed by atoms with E-state index in [1.54, 1.807) is 0 Å². The van der Waals surface area contributed by atoms with Crippen molar-refractivity contribution >= 4 is 34.5 Å². The van der Waals surface area contributed by atoms with Gasteiger partial charge in [0.2, 0.25) is 0 Å². The molecular formula is C12H8ClNO5. The summed E-state index contributed by atoms with van der Waals surface area (Å²) < 4.78 is 4.82. The van der Waals surface area contributed by atoms with E-state index in [1.165, 1.54) is 12.1 Å². The van der Waals surface area contributed by atoms with Gasteiger partial charge in [0.05, 0.1) is 16.5 Å². The number of halogens is 1. The molecular weight excluding hydrogens is 274 g/mol. The van der Waals surface area contributed by atoms with Crippen LogP contribution in [0.4, 0.5) is 0 Å². The molecule has 2 N–H and O–H groups in total. The Labute approximate surface area is 111 Å². The summed E-state index contributed by atoms with van der Waals surface area (Å²) >= 11 is 5.92. The molecule has 0 bridgehead atoms. The standard InChI is InChI=1S/C12H8ClNO5/c13-7-1-4(2-8-10(7)19-12(18)14-8)9(15)5-3-6(5)11(16)17/h1-2,5-6H,3H2,(H,14,18)(H,16,17). The van der Waals surface area contributed by atoms with E-state index in [0.29, 0.717) is 11.9 Å². The minimum absolute atomic E-state index is 0.145. The number of aromatic amines is 1. The number of carboxylic acids is 1. The third kappa shape index (κ3) is 1.94. The maximum absolute atomic E-state index is 12.1. The molecule has 3 rings (SSSR count). The second-order valence-electron chi connectivity index (χ2n) is 4.50. The summed E-state index contributed by atoms with van der Waals surface area (Å²) in [5.74, 6) is -3.04. The van der Waals surface area contributed by atoms with Crippen molar-refractivity contribution in [3.8, 4) is 0 Å². The average molecular weight is 282 g/mol. The molecule has 1 aliphatic rings. The highest BCUT2D eigenvalue weighted by Crippen LogP contribution is 2.41. The van der Waals surface area contributed by atoms with E-state index in [9.17, 15) is 14.4 Å². The highest BCUT2D eigenvalue weighted by molar-refractivity contribution is 6.35. The van der Waals surface area contributed by atoms with Gasteiger partial charge in [0.25, 0.3) is 0 Å². The van der Waals surface area contributed by atoms with Crippen LogP contribution in [0.5, 0.6) is 0 Å². The molecule has 98 valence electrons. The zero-order valence-electron chi connectivity index (χ0n) is 9.47. The maximum Gasteiger partial charge on any atom is 0.417 e. The molecule has 1 fully saturated rings. The molecule has 1 aliphatic carbocycles. The number of carbonyl (C=O) groups is 2. The molecule has 19 heavy (non-hydrogen) atoms. The van der Waals surface area contributed by atoms with Crippen molar-refractivity contribution in [3.63, 3.8) is 0 Å². The number of rotatable bonds is 3. The van der Waals surface area contributed by atoms with Crippen molar-refractivity contribution in [1.29, 1.82) is 0 Å².